The lowest BCUT2D eigenvalue weighted by molar-refractivity contribution is 0.191. The van der Waals surface area contributed by atoms with Crippen molar-refractivity contribution in [3.8, 4) is 0 Å². The molecular weight excluding hydrogens is 174 g/mol. The monoisotopic (exact) mass is 191 g/mol. The zero-order valence-electron chi connectivity index (χ0n) is 8.71. The molecule has 0 saturated carbocycles. The third-order valence-electron chi connectivity index (χ3n) is 3.85. The summed E-state index contributed by atoms with van der Waals surface area (Å²) in [5.41, 5.74) is 2.81. The van der Waals surface area contributed by atoms with E-state index >= 15 is 0 Å². The van der Waals surface area contributed by atoms with E-state index in [-0.39, 0.29) is 0 Å². The van der Waals surface area contributed by atoms with Gasteiger partial charge in [0.2, 0.25) is 0 Å². The van der Waals surface area contributed by atoms with Gasteiger partial charge in [0.25, 0.3) is 0 Å². The van der Waals surface area contributed by atoms with Crippen molar-refractivity contribution in [1.29, 1.82) is 0 Å². The molecule has 0 aliphatic carbocycles. The number of nitrogens with one attached hydrogen (secondary N) is 1. The van der Waals surface area contributed by atoms with Crippen molar-refractivity contribution >= 4 is 0 Å². The molecule has 0 spiro atoms. The van der Waals surface area contributed by atoms with Gasteiger partial charge in [0, 0.05) is 0 Å². The average molecular weight is 191 g/mol. The molecule has 2 aliphatic rings. The first kappa shape index (κ1) is 8.48. The number of rotatable bonds is 1. The van der Waals surface area contributed by atoms with E-state index in [0.29, 0.717) is 5.54 Å². The molecule has 1 aromatic heterocycles. The molecule has 0 radical (unpaired) electrons. The Bertz CT molecular complexity index is 332. The van der Waals surface area contributed by atoms with E-state index in [1.165, 1.54) is 44.5 Å². The number of aryl methyl sites for hydroxylation is 1. The van der Waals surface area contributed by atoms with Crippen molar-refractivity contribution in [3.63, 3.8) is 0 Å². The maximum absolute atomic E-state index is 4.26. The third kappa shape index (κ3) is 0.989. The van der Waals surface area contributed by atoms with Crippen molar-refractivity contribution < 1.29 is 0 Å². The van der Waals surface area contributed by atoms with Crippen LogP contribution in [0.4, 0.5) is 0 Å². The van der Waals surface area contributed by atoms with Crippen LogP contribution >= 0.6 is 0 Å². The second-order valence-electron chi connectivity index (χ2n) is 4.65. The minimum Gasteiger partial charge on any atom is -0.292 e. The number of hydrogen-bond donors (Lipinski definition) is 1. The lowest BCUT2D eigenvalue weighted by Gasteiger charge is -2.30. The number of aromatic amines is 1. The highest BCUT2D eigenvalue weighted by atomic mass is 15.3. The Kier molecular flexibility index (Phi) is 1.71. The summed E-state index contributed by atoms with van der Waals surface area (Å²) in [5.74, 6) is 0. The summed E-state index contributed by atoms with van der Waals surface area (Å²) in [6.07, 6.45) is 5.32. The van der Waals surface area contributed by atoms with Crippen LogP contribution in [-0.4, -0.2) is 28.2 Å². The number of nitrogens with zero attached hydrogens (tertiary/aromatic N) is 2. The zero-order chi connectivity index (χ0) is 9.60. The summed E-state index contributed by atoms with van der Waals surface area (Å²) in [6, 6.07) is 2.23. The first-order valence-corrected chi connectivity index (χ1v) is 5.59. The van der Waals surface area contributed by atoms with Gasteiger partial charge in [0.1, 0.15) is 0 Å². The fraction of sp³-hybridized carbons (Fsp3) is 0.727. The second kappa shape index (κ2) is 2.83. The molecule has 2 fully saturated rings. The van der Waals surface area contributed by atoms with Crippen LogP contribution < -0.4 is 0 Å². The Hall–Kier alpha value is -0.830. The van der Waals surface area contributed by atoms with Crippen molar-refractivity contribution in [2.75, 3.05) is 13.1 Å². The standard InChI is InChI=1S/C11H17N3/c1-9-8-10(13-12-9)11-4-2-6-14(11)7-3-5-11/h8H,2-7H2,1H3,(H,12,13). The van der Waals surface area contributed by atoms with Gasteiger partial charge in [-0.25, -0.2) is 0 Å². The van der Waals surface area contributed by atoms with Gasteiger partial charge in [-0.05, 0) is 51.8 Å². The van der Waals surface area contributed by atoms with Crippen LogP contribution in [0.1, 0.15) is 37.1 Å². The number of hydrogen-bond acceptors (Lipinski definition) is 2. The maximum Gasteiger partial charge on any atom is 0.0628 e. The molecule has 3 heteroatoms. The smallest absolute Gasteiger partial charge is 0.0628 e. The number of H-pyrrole nitrogens is 1. The molecule has 2 saturated heterocycles. The van der Waals surface area contributed by atoms with Gasteiger partial charge in [-0.15, -0.1) is 0 Å². The molecule has 0 amide bonds. The van der Waals surface area contributed by atoms with E-state index in [9.17, 15) is 0 Å². The van der Waals surface area contributed by atoms with Crippen molar-refractivity contribution in [3.05, 3.63) is 17.5 Å². The summed E-state index contributed by atoms with van der Waals surface area (Å²) < 4.78 is 0. The van der Waals surface area contributed by atoms with E-state index in [0.717, 1.165) is 5.69 Å². The summed E-state index contributed by atoms with van der Waals surface area (Å²) in [5, 5.41) is 7.48. The SMILES string of the molecule is Cc1cc(C23CCCN2CCC3)[nH]n1. The van der Waals surface area contributed by atoms with Gasteiger partial charge < -0.3 is 0 Å². The fourth-order valence-electron chi connectivity index (χ4n) is 3.21. The summed E-state index contributed by atoms with van der Waals surface area (Å²) >= 11 is 0. The van der Waals surface area contributed by atoms with E-state index in [2.05, 4.69) is 28.1 Å². The Balaban J connectivity index is 2.02. The highest BCUT2D eigenvalue weighted by molar-refractivity contribution is 5.21. The topological polar surface area (TPSA) is 31.9 Å². The minimum absolute atomic E-state index is 0.335. The zero-order valence-corrected chi connectivity index (χ0v) is 8.71. The molecule has 0 unspecified atom stereocenters. The fourth-order valence-corrected chi connectivity index (χ4v) is 3.21. The van der Waals surface area contributed by atoms with Crippen LogP contribution in [0.5, 0.6) is 0 Å². The summed E-state index contributed by atoms with van der Waals surface area (Å²) in [7, 11) is 0. The molecule has 3 heterocycles. The molecule has 1 aromatic rings. The molecule has 0 aromatic carbocycles. The van der Waals surface area contributed by atoms with Crippen LogP contribution in [0.25, 0.3) is 0 Å². The van der Waals surface area contributed by atoms with Gasteiger partial charge in [0.05, 0.1) is 16.9 Å². The Morgan fingerprint density at radius 2 is 2.07 bits per heavy atom. The van der Waals surface area contributed by atoms with Gasteiger partial charge in [-0.2, -0.15) is 5.10 Å². The van der Waals surface area contributed by atoms with Crippen LogP contribution in [0.3, 0.4) is 0 Å². The molecule has 0 atom stereocenters. The normalized spacial score (nSPS) is 25.5. The largest absolute Gasteiger partial charge is 0.292 e. The quantitative estimate of drug-likeness (QED) is 0.734. The van der Waals surface area contributed by atoms with Gasteiger partial charge >= 0.3 is 0 Å². The molecule has 0 bridgehead atoms. The summed E-state index contributed by atoms with van der Waals surface area (Å²) in [4.78, 5) is 2.64. The van der Waals surface area contributed by atoms with E-state index in [1.807, 2.05) is 0 Å². The number of aromatic nitrogens is 2. The highest BCUT2D eigenvalue weighted by Crippen LogP contribution is 2.45. The summed E-state index contributed by atoms with van der Waals surface area (Å²) in [6.45, 7) is 4.61. The first-order chi connectivity index (χ1) is 6.81. The van der Waals surface area contributed by atoms with Crippen molar-refractivity contribution in [2.45, 2.75) is 38.1 Å². The van der Waals surface area contributed by atoms with Crippen LogP contribution in [-0.2, 0) is 5.54 Å². The van der Waals surface area contributed by atoms with E-state index in [1.54, 1.807) is 0 Å². The van der Waals surface area contributed by atoms with Crippen molar-refractivity contribution in [2.24, 2.45) is 0 Å². The van der Waals surface area contributed by atoms with Gasteiger partial charge in [0.15, 0.2) is 0 Å². The minimum atomic E-state index is 0.335. The third-order valence-corrected chi connectivity index (χ3v) is 3.85. The molecule has 76 valence electrons. The van der Waals surface area contributed by atoms with Gasteiger partial charge in [-0.3, -0.25) is 10.00 Å². The van der Waals surface area contributed by atoms with E-state index < -0.39 is 0 Å². The lowest BCUT2D eigenvalue weighted by atomic mass is 9.90. The van der Waals surface area contributed by atoms with Crippen molar-refractivity contribution in [1.82, 2.24) is 15.1 Å². The average Bonchev–Trinajstić information content (AvgIpc) is 2.75. The highest BCUT2D eigenvalue weighted by Gasteiger charge is 2.46. The Morgan fingerprint density at radius 1 is 1.36 bits per heavy atom. The molecule has 3 nitrogen and oxygen atoms in total. The molecule has 14 heavy (non-hydrogen) atoms. The predicted molar refractivity (Wildman–Crippen MR) is 55.0 cm³/mol. The number of fused-ring (bicyclic) bond motifs is 1. The molecule has 1 N–H and O–H groups in total. The maximum atomic E-state index is 4.26. The Morgan fingerprint density at radius 3 is 2.64 bits per heavy atom. The van der Waals surface area contributed by atoms with Crippen LogP contribution in [0, 0.1) is 6.92 Å². The second-order valence-corrected chi connectivity index (χ2v) is 4.65. The van der Waals surface area contributed by atoms with E-state index in [4.69, 9.17) is 0 Å². The molecule has 2 aliphatic heterocycles. The molecule has 3 rings (SSSR count). The van der Waals surface area contributed by atoms with Gasteiger partial charge in [-0.1, -0.05) is 0 Å². The first-order valence-electron chi connectivity index (χ1n) is 5.59. The molecular formula is C11H17N3. The van der Waals surface area contributed by atoms with Crippen LogP contribution in [0.15, 0.2) is 6.07 Å². The predicted octanol–water partition coefficient (Wildman–Crippen LogP) is 1.80. The van der Waals surface area contributed by atoms with Crippen LogP contribution in [0.2, 0.25) is 0 Å². The lowest BCUT2D eigenvalue weighted by Crippen LogP contribution is -2.35. The Labute approximate surface area is 84.5 Å².